The third-order valence-electron chi connectivity index (χ3n) is 0.862. The van der Waals surface area contributed by atoms with Gasteiger partial charge in [0.25, 0.3) is 0 Å². The molecule has 0 radical (unpaired) electrons. The van der Waals surface area contributed by atoms with Crippen LogP contribution < -0.4 is 5.73 Å². The molecule has 1 amide bonds. The van der Waals surface area contributed by atoms with Crippen molar-refractivity contribution >= 4 is 55.7 Å². The fraction of sp³-hybridized carbons (Fsp3) is 0.800. The number of hydrogen-bond donors (Lipinski definition) is 4. The Morgan fingerprint density at radius 3 is 2.42 bits per heavy atom. The van der Waals surface area contributed by atoms with Crippen molar-refractivity contribution in [1.82, 2.24) is 0 Å². The van der Waals surface area contributed by atoms with Gasteiger partial charge in [-0.3, -0.25) is 0 Å². The number of primary amides is 1. The molecule has 0 aromatic rings. The number of thiol groups is 3. The van der Waals surface area contributed by atoms with E-state index in [1.54, 1.807) is 0 Å². The van der Waals surface area contributed by atoms with Gasteiger partial charge in [-0.05, 0) is 0 Å². The highest BCUT2D eigenvalue weighted by Gasteiger charge is 2.14. The molecule has 0 aliphatic carbocycles. The second-order valence-electron chi connectivity index (χ2n) is 1.82. The zero-order valence-electron chi connectivity index (χ0n) is 6.21. The van der Waals surface area contributed by atoms with Crippen molar-refractivity contribution in [2.75, 3.05) is 11.5 Å². The Kier molecular flexibility index (Phi) is 7.51. The zero-order valence-corrected chi connectivity index (χ0v) is 9.71. The predicted molar refractivity (Wildman–Crippen MR) is 62.5 cm³/mol. The highest BCUT2D eigenvalue weighted by Crippen LogP contribution is 2.23. The fourth-order valence-electron chi connectivity index (χ4n) is 0.456. The van der Waals surface area contributed by atoms with Crippen LogP contribution in [-0.4, -0.2) is 27.6 Å². The number of carbonyl (C=O) groups is 1. The summed E-state index contributed by atoms with van der Waals surface area (Å²) in [5.41, 5.74) is 4.49. The number of amides is 1. The highest BCUT2D eigenvalue weighted by molar-refractivity contribution is 8.11. The molecule has 12 heavy (non-hydrogen) atoms. The van der Waals surface area contributed by atoms with Crippen LogP contribution in [0.1, 0.15) is 0 Å². The molecule has 0 aliphatic rings. The first-order valence-corrected chi connectivity index (χ1v) is 5.84. The zero-order chi connectivity index (χ0) is 9.56. The van der Waals surface area contributed by atoms with Crippen LogP contribution in [-0.2, 0) is 4.74 Å². The van der Waals surface area contributed by atoms with Gasteiger partial charge in [0, 0.05) is 11.5 Å². The van der Waals surface area contributed by atoms with Crippen LogP contribution in [0.4, 0.5) is 4.79 Å². The summed E-state index contributed by atoms with van der Waals surface area (Å²) >= 11 is 13.5. The summed E-state index contributed by atoms with van der Waals surface area (Å²) in [6, 6.07) is 0. The largest absolute Gasteiger partial charge is 0.434 e. The van der Waals surface area contributed by atoms with Crippen LogP contribution in [0.5, 0.6) is 0 Å². The Morgan fingerprint density at radius 2 is 2.08 bits per heavy atom. The van der Waals surface area contributed by atoms with E-state index in [9.17, 15) is 4.79 Å². The maximum absolute atomic E-state index is 10.3. The van der Waals surface area contributed by atoms with Crippen molar-refractivity contribution in [3.05, 3.63) is 0 Å². The molecule has 3 nitrogen and oxygen atoms in total. The molecule has 0 fully saturated rings. The van der Waals surface area contributed by atoms with E-state index in [1.807, 2.05) is 0 Å². The summed E-state index contributed by atoms with van der Waals surface area (Å²) in [7, 11) is 0. The monoisotopic (exact) mass is 245 g/mol. The van der Waals surface area contributed by atoms with E-state index in [2.05, 4.69) is 37.9 Å². The number of ether oxygens (including phenoxy) is 1. The van der Waals surface area contributed by atoms with Crippen molar-refractivity contribution in [2.45, 2.75) is 10.0 Å². The molecule has 2 N–H and O–H groups in total. The Labute approximate surface area is 92.4 Å². The SMILES string of the molecule is NC(=O)OC(CS)SC(S)CS. The average molecular weight is 245 g/mol. The van der Waals surface area contributed by atoms with Gasteiger partial charge in [-0.25, -0.2) is 4.79 Å². The number of nitrogens with two attached hydrogens (primary N) is 1. The molecule has 7 heteroatoms. The molecular weight excluding hydrogens is 234 g/mol. The summed E-state index contributed by atoms with van der Waals surface area (Å²) < 4.78 is 4.73. The molecule has 2 atom stereocenters. The topological polar surface area (TPSA) is 52.3 Å². The number of carbonyl (C=O) groups excluding carboxylic acids is 1. The van der Waals surface area contributed by atoms with E-state index < -0.39 is 6.09 Å². The normalized spacial score (nSPS) is 15.2. The van der Waals surface area contributed by atoms with Gasteiger partial charge in [0.1, 0.15) is 0 Å². The van der Waals surface area contributed by atoms with Gasteiger partial charge < -0.3 is 10.5 Å². The first kappa shape index (κ1) is 12.7. The molecule has 2 unspecified atom stereocenters. The highest BCUT2D eigenvalue weighted by atomic mass is 32.2. The van der Waals surface area contributed by atoms with Crippen LogP contribution in [0.2, 0.25) is 0 Å². The Balaban J connectivity index is 3.74. The molecule has 0 saturated heterocycles. The van der Waals surface area contributed by atoms with Crippen molar-refractivity contribution in [3.8, 4) is 0 Å². The molecule has 0 aromatic heterocycles. The first-order chi connectivity index (χ1) is 5.60. The quantitative estimate of drug-likeness (QED) is 0.436. The van der Waals surface area contributed by atoms with Gasteiger partial charge in [0.2, 0.25) is 0 Å². The molecule has 0 spiro atoms. The van der Waals surface area contributed by atoms with Crippen LogP contribution in [0.15, 0.2) is 0 Å². The van der Waals surface area contributed by atoms with E-state index in [1.165, 1.54) is 11.8 Å². The van der Waals surface area contributed by atoms with Crippen LogP contribution >= 0.6 is 49.6 Å². The van der Waals surface area contributed by atoms with Crippen LogP contribution in [0, 0.1) is 0 Å². The summed E-state index contributed by atoms with van der Waals surface area (Å²) in [4.78, 5) is 10.3. The third-order valence-corrected chi connectivity index (χ3v) is 3.94. The first-order valence-electron chi connectivity index (χ1n) is 3.11. The Hall–Kier alpha value is 0.670. The lowest BCUT2D eigenvalue weighted by Gasteiger charge is -2.16. The standard InChI is InChI=1S/C5H11NO2S4/c6-5(7)8-3(1-9)12-4(11)2-10/h3-4,9-11H,1-2H2,(H2,6,7). The van der Waals surface area contributed by atoms with Crippen molar-refractivity contribution in [1.29, 1.82) is 0 Å². The van der Waals surface area contributed by atoms with Crippen molar-refractivity contribution in [2.24, 2.45) is 5.73 Å². The Morgan fingerprint density at radius 1 is 1.50 bits per heavy atom. The third kappa shape index (κ3) is 6.22. The maximum Gasteiger partial charge on any atom is 0.405 e. The average Bonchev–Trinajstić information content (AvgIpc) is 2.02. The number of hydrogen-bond acceptors (Lipinski definition) is 6. The molecule has 72 valence electrons. The van der Waals surface area contributed by atoms with E-state index in [0.717, 1.165) is 0 Å². The van der Waals surface area contributed by atoms with Gasteiger partial charge >= 0.3 is 6.09 Å². The van der Waals surface area contributed by atoms with E-state index >= 15 is 0 Å². The molecule has 0 rings (SSSR count). The van der Waals surface area contributed by atoms with Gasteiger partial charge in [-0.2, -0.15) is 37.9 Å². The Bertz CT molecular complexity index is 145. The number of thioether (sulfide) groups is 1. The van der Waals surface area contributed by atoms with E-state index in [4.69, 9.17) is 10.5 Å². The number of rotatable bonds is 5. The van der Waals surface area contributed by atoms with Gasteiger partial charge in [0.05, 0.1) is 4.58 Å². The minimum atomic E-state index is -0.791. The summed E-state index contributed by atoms with van der Waals surface area (Å²) in [6.45, 7) is 0. The lowest BCUT2D eigenvalue weighted by molar-refractivity contribution is 0.153. The minimum absolute atomic E-state index is 0.0184. The lowest BCUT2D eigenvalue weighted by atomic mass is 10.8. The van der Waals surface area contributed by atoms with E-state index in [-0.39, 0.29) is 10.0 Å². The fourth-order valence-corrected chi connectivity index (χ4v) is 2.13. The summed E-state index contributed by atoms with van der Waals surface area (Å²) in [5.74, 6) is 1.01. The second-order valence-corrected chi connectivity index (χ2v) is 4.89. The summed E-state index contributed by atoms with van der Waals surface area (Å²) in [6.07, 6.45) is -0.791. The van der Waals surface area contributed by atoms with Crippen molar-refractivity contribution < 1.29 is 9.53 Å². The minimum Gasteiger partial charge on any atom is -0.434 e. The molecular formula is C5H11NO2S4. The van der Waals surface area contributed by atoms with Crippen LogP contribution in [0.25, 0.3) is 0 Å². The predicted octanol–water partition coefficient (Wildman–Crippen LogP) is 1.26. The molecule has 0 heterocycles. The van der Waals surface area contributed by atoms with Crippen LogP contribution in [0.3, 0.4) is 0 Å². The molecule has 0 bridgehead atoms. The van der Waals surface area contributed by atoms with Gasteiger partial charge in [0.15, 0.2) is 5.44 Å². The van der Waals surface area contributed by atoms with Crippen molar-refractivity contribution in [3.63, 3.8) is 0 Å². The summed E-state index contributed by atoms with van der Waals surface area (Å²) in [5, 5.41) is 0. The smallest absolute Gasteiger partial charge is 0.405 e. The van der Waals surface area contributed by atoms with Gasteiger partial charge in [-0.1, -0.05) is 0 Å². The lowest BCUT2D eigenvalue weighted by Crippen LogP contribution is -2.23. The van der Waals surface area contributed by atoms with Gasteiger partial charge in [-0.15, -0.1) is 11.8 Å². The van der Waals surface area contributed by atoms with E-state index in [0.29, 0.717) is 11.5 Å². The second kappa shape index (κ2) is 7.11. The molecule has 0 saturated carbocycles. The molecule has 0 aliphatic heterocycles. The molecule has 0 aromatic carbocycles. The maximum atomic E-state index is 10.3.